The van der Waals surface area contributed by atoms with Crippen molar-refractivity contribution in [3.63, 3.8) is 0 Å². The molecule has 0 N–H and O–H groups in total. The fourth-order valence-corrected chi connectivity index (χ4v) is 3.63. The SMILES string of the molecule is CC(C)N(C)CC1CN(C(=O)c2ccsc2)Cc2nccn2C1. The molecule has 0 aromatic carbocycles. The van der Waals surface area contributed by atoms with Gasteiger partial charge in [0.2, 0.25) is 0 Å². The molecule has 6 heteroatoms. The number of hydrogen-bond donors (Lipinski definition) is 0. The number of imidazole rings is 1. The average molecular weight is 332 g/mol. The van der Waals surface area contributed by atoms with Crippen molar-refractivity contribution < 1.29 is 4.79 Å². The summed E-state index contributed by atoms with van der Waals surface area (Å²) < 4.78 is 2.19. The topological polar surface area (TPSA) is 41.4 Å². The van der Waals surface area contributed by atoms with Gasteiger partial charge in [-0.1, -0.05) is 0 Å². The zero-order valence-corrected chi connectivity index (χ0v) is 14.8. The zero-order valence-electron chi connectivity index (χ0n) is 14.0. The van der Waals surface area contributed by atoms with E-state index in [1.54, 1.807) is 11.3 Å². The maximum Gasteiger partial charge on any atom is 0.255 e. The summed E-state index contributed by atoms with van der Waals surface area (Å²) in [5, 5.41) is 3.88. The average Bonchev–Trinajstić information content (AvgIpc) is 3.15. The Morgan fingerprint density at radius 1 is 1.48 bits per heavy atom. The van der Waals surface area contributed by atoms with E-state index in [9.17, 15) is 4.79 Å². The van der Waals surface area contributed by atoms with Gasteiger partial charge in [0.1, 0.15) is 5.82 Å². The van der Waals surface area contributed by atoms with Gasteiger partial charge in [0.15, 0.2) is 0 Å². The van der Waals surface area contributed by atoms with E-state index in [4.69, 9.17) is 0 Å². The predicted molar refractivity (Wildman–Crippen MR) is 92.5 cm³/mol. The van der Waals surface area contributed by atoms with Crippen molar-refractivity contribution in [1.82, 2.24) is 19.4 Å². The minimum atomic E-state index is 0.111. The lowest BCUT2D eigenvalue weighted by Crippen LogP contribution is -2.39. The summed E-state index contributed by atoms with van der Waals surface area (Å²) in [6.07, 6.45) is 3.85. The van der Waals surface area contributed by atoms with Gasteiger partial charge in [0, 0.05) is 49.4 Å². The van der Waals surface area contributed by atoms with Crippen molar-refractivity contribution in [2.24, 2.45) is 5.92 Å². The van der Waals surface area contributed by atoms with Crippen molar-refractivity contribution in [2.45, 2.75) is 33.0 Å². The molecule has 3 heterocycles. The Labute approximate surface area is 141 Å². The van der Waals surface area contributed by atoms with Crippen molar-refractivity contribution in [3.05, 3.63) is 40.6 Å². The van der Waals surface area contributed by atoms with Crippen LogP contribution in [0.15, 0.2) is 29.2 Å². The highest BCUT2D eigenvalue weighted by atomic mass is 32.1. The number of aromatic nitrogens is 2. The number of carbonyl (C=O) groups is 1. The van der Waals surface area contributed by atoms with Crippen LogP contribution in [-0.2, 0) is 13.1 Å². The van der Waals surface area contributed by atoms with Crippen LogP contribution in [0, 0.1) is 5.92 Å². The largest absolute Gasteiger partial charge is 0.333 e. The minimum absolute atomic E-state index is 0.111. The Hall–Kier alpha value is -1.66. The molecule has 0 saturated carbocycles. The number of amides is 1. The first-order valence-corrected chi connectivity index (χ1v) is 9.00. The Balaban J connectivity index is 1.81. The second-order valence-electron chi connectivity index (χ2n) is 6.59. The van der Waals surface area contributed by atoms with Crippen LogP contribution >= 0.6 is 11.3 Å². The third-order valence-corrected chi connectivity index (χ3v) is 5.23. The summed E-state index contributed by atoms with van der Waals surface area (Å²) in [6.45, 7) is 7.66. The first-order valence-electron chi connectivity index (χ1n) is 8.06. The Bertz CT molecular complexity index is 649. The summed E-state index contributed by atoms with van der Waals surface area (Å²) >= 11 is 1.56. The monoisotopic (exact) mass is 332 g/mol. The molecule has 0 spiro atoms. The number of rotatable bonds is 4. The molecule has 5 nitrogen and oxygen atoms in total. The van der Waals surface area contributed by atoms with Crippen LogP contribution in [0.1, 0.15) is 30.0 Å². The molecule has 0 aliphatic carbocycles. The van der Waals surface area contributed by atoms with Crippen molar-refractivity contribution in [2.75, 3.05) is 20.1 Å². The van der Waals surface area contributed by atoms with Gasteiger partial charge in [-0.2, -0.15) is 11.3 Å². The quantitative estimate of drug-likeness (QED) is 0.864. The summed E-state index contributed by atoms with van der Waals surface area (Å²) in [5.41, 5.74) is 0.783. The first-order chi connectivity index (χ1) is 11.0. The molecular weight excluding hydrogens is 308 g/mol. The smallest absolute Gasteiger partial charge is 0.255 e. The van der Waals surface area contributed by atoms with Crippen molar-refractivity contribution >= 4 is 17.2 Å². The molecule has 3 rings (SSSR count). The van der Waals surface area contributed by atoms with Gasteiger partial charge in [0.25, 0.3) is 5.91 Å². The Morgan fingerprint density at radius 2 is 2.30 bits per heavy atom. The van der Waals surface area contributed by atoms with E-state index >= 15 is 0 Å². The highest BCUT2D eigenvalue weighted by molar-refractivity contribution is 7.08. The molecule has 1 amide bonds. The molecule has 0 fully saturated rings. The van der Waals surface area contributed by atoms with Crippen LogP contribution < -0.4 is 0 Å². The van der Waals surface area contributed by atoms with E-state index in [-0.39, 0.29) is 5.91 Å². The number of carbonyl (C=O) groups excluding carboxylic acids is 1. The molecule has 1 aliphatic heterocycles. The summed E-state index contributed by atoms with van der Waals surface area (Å²) in [5.74, 6) is 1.49. The van der Waals surface area contributed by atoms with Crippen LogP contribution in [-0.4, -0.2) is 51.4 Å². The third kappa shape index (κ3) is 3.64. The van der Waals surface area contributed by atoms with Crippen LogP contribution in [0.25, 0.3) is 0 Å². The molecule has 1 atom stereocenters. The maximum absolute atomic E-state index is 12.8. The highest BCUT2D eigenvalue weighted by Gasteiger charge is 2.27. The minimum Gasteiger partial charge on any atom is -0.333 e. The molecule has 23 heavy (non-hydrogen) atoms. The second-order valence-corrected chi connectivity index (χ2v) is 7.37. The fourth-order valence-electron chi connectivity index (χ4n) is 3.00. The normalized spacial score (nSPS) is 18.3. The Kier molecular flexibility index (Phi) is 4.82. The van der Waals surface area contributed by atoms with Gasteiger partial charge >= 0.3 is 0 Å². The summed E-state index contributed by atoms with van der Waals surface area (Å²) in [4.78, 5) is 21.5. The van der Waals surface area contributed by atoms with E-state index in [2.05, 4.69) is 35.3 Å². The molecule has 0 radical (unpaired) electrons. The van der Waals surface area contributed by atoms with Gasteiger partial charge in [-0.05, 0) is 32.3 Å². The van der Waals surface area contributed by atoms with Crippen molar-refractivity contribution in [3.8, 4) is 0 Å². The molecule has 0 bridgehead atoms. The highest BCUT2D eigenvalue weighted by Crippen LogP contribution is 2.20. The van der Waals surface area contributed by atoms with E-state index in [1.807, 2.05) is 34.1 Å². The van der Waals surface area contributed by atoms with E-state index in [0.717, 1.165) is 31.0 Å². The number of thiophene rings is 1. The summed E-state index contributed by atoms with van der Waals surface area (Å²) in [7, 11) is 2.15. The fraction of sp³-hybridized carbons (Fsp3) is 0.529. The van der Waals surface area contributed by atoms with E-state index in [1.165, 1.54) is 0 Å². The third-order valence-electron chi connectivity index (χ3n) is 4.55. The van der Waals surface area contributed by atoms with E-state index in [0.29, 0.717) is 18.5 Å². The zero-order chi connectivity index (χ0) is 16.4. The summed E-state index contributed by atoms with van der Waals surface area (Å²) in [6, 6.07) is 2.40. The van der Waals surface area contributed by atoms with Crippen LogP contribution in [0.2, 0.25) is 0 Å². The predicted octanol–water partition coefficient (Wildman–Crippen LogP) is 2.56. The second kappa shape index (κ2) is 6.84. The number of fused-ring (bicyclic) bond motifs is 1. The molecule has 2 aromatic heterocycles. The van der Waals surface area contributed by atoms with Crippen LogP contribution in [0.4, 0.5) is 0 Å². The molecule has 1 aliphatic rings. The number of hydrogen-bond acceptors (Lipinski definition) is 4. The van der Waals surface area contributed by atoms with Crippen LogP contribution in [0.5, 0.6) is 0 Å². The lowest BCUT2D eigenvalue weighted by atomic mass is 10.1. The molecular formula is C17H24N4OS. The van der Waals surface area contributed by atoms with E-state index < -0.39 is 0 Å². The van der Waals surface area contributed by atoms with Crippen molar-refractivity contribution in [1.29, 1.82) is 0 Å². The first kappa shape index (κ1) is 16.2. The lowest BCUT2D eigenvalue weighted by molar-refractivity contribution is 0.0703. The van der Waals surface area contributed by atoms with Gasteiger partial charge in [-0.15, -0.1) is 0 Å². The number of nitrogens with zero attached hydrogens (tertiary/aromatic N) is 4. The molecule has 2 aromatic rings. The lowest BCUT2D eigenvalue weighted by Gasteiger charge is -2.29. The van der Waals surface area contributed by atoms with Gasteiger partial charge in [-0.25, -0.2) is 4.98 Å². The Morgan fingerprint density at radius 3 is 3.00 bits per heavy atom. The molecule has 124 valence electrons. The molecule has 0 saturated heterocycles. The van der Waals surface area contributed by atoms with Gasteiger partial charge < -0.3 is 14.4 Å². The van der Waals surface area contributed by atoms with Crippen LogP contribution in [0.3, 0.4) is 0 Å². The molecule has 1 unspecified atom stereocenters. The van der Waals surface area contributed by atoms with Gasteiger partial charge in [0.05, 0.1) is 12.1 Å². The van der Waals surface area contributed by atoms with Gasteiger partial charge in [-0.3, -0.25) is 4.79 Å². The maximum atomic E-state index is 12.8. The standard InChI is InChI=1S/C17H24N4OS/c1-13(2)19(3)8-14-9-20-6-5-18-16(20)11-21(10-14)17(22)15-4-7-23-12-15/h4-7,12-14H,8-11H2,1-3H3.